The van der Waals surface area contributed by atoms with E-state index in [2.05, 4.69) is 15.2 Å². The molecule has 8 heteroatoms. The molecule has 2 aromatic heterocycles. The molecule has 1 saturated carbocycles. The molecular weight excluding hydrogens is 406 g/mol. The second kappa shape index (κ2) is 11.0. The number of amides is 2. The van der Waals surface area contributed by atoms with Gasteiger partial charge in [-0.25, -0.2) is 4.98 Å². The zero-order valence-corrected chi connectivity index (χ0v) is 18.5. The normalized spacial score (nSPS) is 17.2. The van der Waals surface area contributed by atoms with Gasteiger partial charge in [0, 0.05) is 50.2 Å². The Labute approximate surface area is 189 Å². The summed E-state index contributed by atoms with van der Waals surface area (Å²) < 4.78 is 5.85. The Morgan fingerprint density at radius 2 is 1.78 bits per heavy atom. The summed E-state index contributed by atoms with van der Waals surface area (Å²) in [6.45, 7) is 2.68. The van der Waals surface area contributed by atoms with Gasteiger partial charge in [-0.05, 0) is 30.5 Å². The van der Waals surface area contributed by atoms with Gasteiger partial charge >= 0.3 is 0 Å². The molecule has 0 bridgehead atoms. The number of pyridine rings is 1. The van der Waals surface area contributed by atoms with Crippen molar-refractivity contribution in [2.45, 2.75) is 44.9 Å². The Morgan fingerprint density at radius 1 is 1.00 bits per heavy atom. The van der Waals surface area contributed by atoms with Gasteiger partial charge in [0.1, 0.15) is 0 Å². The number of carbonyl (C=O) groups is 2. The standard InChI is InChI=1S/C24H31N5O3/c30-23(18-21-7-4-10-26-27-21)28-12-14-29(15-13-28)24(31)20-8-11-25-22(17-20)32-16-9-19-5-2-1-3-6-19/h4,7-8,10-11,17,19H,1-3,5-6,9,12-16,18H2. The van der Waals surface area contributed by atoms with Crippen molar-refractivity contribution in [3.63, 3.8) is 0 Å². The van der Waals surface area contributed by atoms with E-state index in [4.69, 9.17) is 4.74 Å². The van der Waals surface area contributed by atoms with Crippen LogP contribution in [0.25, 0.3) is 0 Å². The molecular formula is C24H31N5O3. The van der Waals surface area contributed by atoms with E-state index in [0.717, 1.165) is 12.3 Å². The van der Waals surface area contributed by atoms with Crippen molar-refractivity contribution in [3.8, 4) is 5.88 Å². The third-order valence-corrected chi connectivity index (χ3v) is 6.36. The van der Waals surface area contributed by atoms with E-state index < -0.39 is 0 Å². The van der Waals surface area contributed by atoms with Crippen LogP contribution in [0.15, 0.2) is 36.7 Å². The molecule has 32 heavy (non-hydrogen) atoms. The summed E-state index contributed by atoms with van der Waals surface area (Å²) in [6.07, 6.45) is 11.1. The van der Waals surface area contributed by atoms with Crippen LogP contribution in [0.3, 0.4) is 0 Å². The molecule has 0 spiro atoms. The van der Waals surface area contributed by atoms with E-state index in [-0.39, 0.29) is 18.2 Å². The second-order valence-corrected chi connectivity index (χ2v) is 8.59. The molecule has 170 valence electrons. The summed E-state index contributed by atoms with van der Waals surface area (Å²) in [7, 11) is 0. The van der Waals surface area contributed by atoms with Gasteiger partial charge in [-0.15, -0.1) is 0 Å². The Balaban J connectivity index is 1.24. The first-order chi connectivity index (χ1) is 15.7. The number of nitrogens with zero attached hydrogens (tertiary/aromatic N) is 5. The van der Waals surface area contributed by atoms with Crippen LogP contribution in [-0.4, -0.2) is 69.6 Å². The van der Waals surface area contributed by atoms with Crippen LogP contribution in [-0.2, 0) is 11.2 Å². The van der Waals surface area contributed by atoms with Crippen LogP contribution in [0, 0.1) is 5.92 Å². The predicted molar refractivity (Wildman–Crippen MR) is 119 cm³/mol. The van der Waals surface area contributed by atoms with Gasteiger partial charge in [-0.1, -0.05) is 32.1 Å². The molecule has 2 aromatic rings. The first-order valence-electron chi connectivity index (χ1n) is 11.6. The van der Waals surface area contributed by atoms with Gasteiger partial charge in [-0.3, -0.25) is 9.59 Å². The van der Waals surface area contributed by atoms with Crippen LogP contribution >= 0.6 is 0 Å². The minimum absolute atomic E-state index is 0.00941. The third-order valence-electron chi connectivity index (χ3n) is 6.36. The van der Waals surface area contributed by atoms with Gasteiger partial charge < -0.3 is 14.5 Å². The molecule has 1 aliphatic heterocycles. The summed E-state index contributed by atoms with van der Waals surface area (Å²) >= 11 is 0. The van der Waals surface area contributed by atoms with Gasteiger partial charge in [-0.2, -0.15) is 10.2 Å². The first-order valence-corrected chi connectivity index (χ1v) is 11.6. The molecule has 0 radical (unpaired) electrons. The fraction of sp³-hybridized carbons (Fsp3) is 0.542. The number of piperazine rings is 1. The summed E-state index contributed by atoms with van der Waals surface area (Å²) in [5, 5.41) is 7.78. The molecule has 0 N–H and O–H groups in total. The number of rotatable bonds is 7. The van der Waals surface area contributed by atoms with Crippen LogP contribution in [0.5, 0.6) is 5.88 Å². The van der Waals surface area contributed by atoms with E-state index in [1.807, 2.05) is 0 Å². The third kappa shape index (κ3) is 6.02. The molecule has 0 atom stereocenters. The van der Waals surface area contributed by atoms with Crippen LogP contribution < -0.4 is 4.74 Å². The molecule has 1 saturated heterocycles. The van der Waals surface area contributed by atoms with Gasteiger partial charge in [0.2, 0.25) is 11.8 Å². The highest BCUT2D eigenvalue weighted by Gasteiger charge is 2.25. The van der Waals surface area contributed by atoms with E-state index >= 15 is 0 Å². The molecule has 0 unspecified atom stereocenters. The smallest absolute Gasteiger partial charge is 0.254 e. The van der Waals surface area contributed by atoms with Crippen molar-refractivity contribution in [2.24, 2.45) is 5.92 Å². The van der Waals surface area contributed by atoms with Crippen molar-refractivity contribution < 1.29 is 14.3 Å². The summed E-state index contributed by atoms with van der Waals surface area (Å²) in [4.78, 5) is 33.3. The molecule has 3 heterocycles. The van der Waals surface area contributed by atoms with Crippen LogP contribution in [0.1, 0.15) is 54.6 Å². The van der Waals surface area contributed by atoms with Crippen molar-refractivity contribution in [1.82, 2.24) is 25.0 Å². The highest BCUT2D eigenvalue weighted by Crippen LogP contribution is 2.26. The van der Waals surface area contributed by atoms with E-state index in [9.17, 15) is 9.59 Å². The fourth-order valence-corrected chi connectivity index (χ4v) is 4.46. The lowest BCUT2D eigenvalue weighted by Crippen LogP contribution is -2.51. The summed E-state index contributed by atoms with van der Waals surface area (Å²) in [5.41, 5.74) is 1.23. The Morgan fingerprint density at radius 3 is 2.53 bits per heavy atom. The Bertz CT molecular complexity index is 894. The lowest BCUT2D eigenvalue weighted by molar-refractivity contribution is -0.132. The van der Waals surface area contributed by atoms with Gasteiger partial charge in [0.05, 0.1) is 18.7 Å². The van der Waals surface area contributed by atoms with Crippen LogP contribution in [0.2, 0.25) is 0 Å². The van der Waals surface area contributed by atoms with Gasteiger partial charge in [0.15, 0.2) is 0 Å². The van der Waals surface area contributed by atoms with Crippen LogP contribution in [0.4, 0.5) is 0 Å². The maximum absolute atomic E-state index is 13.0. The summed E-state index contributed by atoms with van der Waals surface area (Å²) in [5.74, 6) is 1.21. The predicted octanol–water partition coefficient (Wildman–Crippen LogP) is 2.75. The zero-order valence-electron chi connectivity index (χ0n) is 18.5. The van der Waals surface area contributed by atoms with E-state index in [1.54, 1.807) is 46.5 Å². The SMILES string of the molecule is O=C(Cc1cccnn1)N1CCN(C(=O)c2ccnc(OCCC3CCCCC3)c2)CC1. The Hall–Kier alpha value is -3.03. The number of hydrogen-bond acceptors (Lipinski definition) is 6. The maximum atomic E-state index is 13.0. The number of aromatic nitrogens is 3. The van der Waals surface area contributed by atoms with Crippen molar-refractivity contribution in [1.29, 1.82) is 0 Å². The molecule has 8 nitrogen and oxygen atoms in total. The lowest BCUT2D eigenvalue weighted by Gasteiger charge is -2.34. The van der Waals surface area contributed by atoms with Crippen molar-refractivity contribution >= 4 is 11.8 Å². The average molecular weight is 438 g/mol. The molecule has 1 aliphatic carbocycles. The zero-order chi connectivity index (χ0) is 22.2. The van der Waals surface area contributed by atoms with E-state index in [1.165, 1.54) is 32.1 Å². The minimum Gasteiger partial charge on any atom is -0.478 e. The second-order valence-electron chi connectivity index (χ2n) is 8.59. The molecule has 0 aromatic carbocycles. The van der Waals surface area contributed by atoms with Crippen molar-refractivity contribution in [2.75, 3.05) is 32.8 Å². The average Bonchev–Trinajstić information content (AvgIpc) is 2.85. The Kier molecular flexibility index (Phi) is 7.64. The van der Waals surface area contributed by atoms with E-state index in [0.29, 0.717) is 49.9 Å². The lowest BCUT2D eigenvalue weighted by atomic mass is 9.87. The molecule has 4 rings (SSSR count). The first kappa shape index (κ1) is 22.2. The molecule has 2 fully saturated rings. The summed E-state index contributed by atoms with van der Waals surface area (Å²) in [6, 6.07) is 7.02. The van der Waals surface area contributed by atoms with Gasteiger partial charge in [0.25, 0.3) is 5.91 Å². The highest BCUT2D eigenvalue weighted by molar-refractivity contribution is 5.94. The largest absolute Gasteiger partial charge is 0.478 e. The monoisotopic (exact) mass is 437 g/mol. The number of ether oxygens (including phenoxy) is 1. The van der Waals surface area contributed by atoms with Crippen molar-refractivity contribution in [3.05, 3.63) is 47.9 Å². The quantitative estimate of drug-likeness (QED) is 0.662. The number of hydrogen-bond donors (Lipinski definition) is 0. The number of carbonyl (C=O) groups excluding carboxylic acids is 2. The topological polar surface area (TPSA) is 88.5 Å². The fourth-order valence-electron chi connectivity index (χ4n) is 4.46. The molecule has 2 aliphatic rings. The maximum Gasteiger partial charge on any atom is 0.254 e. The minimum atomic E-state index is -0.0504. The highest BCUT2D eigenvalue weighted by atomic mass is 16.5. The molecule has 2 amide bonds.